The molecule has 1 aliphatic carbocycles. The van der Waals surface area contributed by atoms with Crippen molar-refractivity contribution in [2.45, 2.75) is 31.3 Å². The summed E-state index contributed by atoms with van der Waals surface area (Å²) in [5.41, 5.74) is 1.90. The van der Waals surface area contributed by atoms with Gasteiger partial charge in [-0.05, 0) is 62.0 Å². The largest absolute Gasteiger partial charge is 0.481 e. The fourth-order valence-corrected chi connectivity index (χ4v) is 3.62. The van der Waals surface area contributed by atoms with Crippen LogP contribution in [0, 0.1) is 23.6 Å². The highest BCUT2D eigenvalue weighted by atomic mass is 19.1. The Hall–Kier alpha value is -2.65. The van der Waals surface area contributed by atoms with Crippen molar-refractivity contribution in [3.8, 4) is 11.8 Å². The molecular weight excluding hydrogens is 333 g/mol. The third-order valence-electron chi connectivity index (χ3n) is 5.28. The molecule has 1 unspecified atom stereocenters. The van der Waals surface area contributed by atoms with Gasteiger partial charge in [-0.25, -0.2) is 4.39 Å². The van der Waals surface area contributed by atoms with Gasteiger partial charge < -0.3 is 15.4 Å². The third kappa shape index (κ3) is 3.49. The maximum atomic E-state index is 12.9. The molecule has 6 heteroatoms. The van der Waals surface area contributed by atoms with Crippen LogP contribution in [-0.2, 0) is 4.79 Å². The molecule has 2 aliphatic heterocycles. The minimum absolute atomic E-state index is 0.108. The Kier molecular flexibility index (Phi) is 4.48. The number of fused-ring (bicyclic) bond motifs is 1. The van der Waals surface area contributed by atoms with E-state index in [1.54, 1.807) is 12.1 Å². The highest BCUT2D eigenvalue weighted by Gasteiger charge is 2.39. The molecule has 1 saturated heterocycles. The number of piperidine rings is 1. The predicted molar refractivity (Wildman–Crippen MR) is 96.3 cm³/mol. The molecule has 2 fully saturated rings. The summed E-state index contributed by atoms with van der Waals surface area (Å²) in [6.07, 6.45) is 4.23. The van der Waals surface area contributed by atoms with E-state index in [0.717, 1.165) is 37.9 Å². The van der Waals surface area contributed by atoms with Crippen molar-refractivity contribution < 1.29 is 14.3 Å². The normalized spacial score (nSPS) is 27.7. The average molecular weight is 352 g/mol. The van der Waals surface area contributed by atoms with E-state index >= 15 is 0 Å². The minimum atomic E-state index is -0.683. The Labute approximate surface area is 151 Å². The average Bonchev–Trinajstić information content (AvgIpc) is 2.59. The van der Waals surface area contributed by atoms with Crippen LogP contribution in [0.3, 0.4) is 0 Å². The summed E-state index contributed by atoms with van der Waals surface area (Å²) in [6.45, 7) is 1.72. The number of rotatable bonds is 2. The lowest BCUT2D eigenvalue weighted by Crippen LogP contribution is -2.51. The van der Waals surface area contributed by atoms with Gasteiger partial charge in [-0.1, -0.05) is 23.6 Å². The van der Waals surface area contributed by atoms with Crippen molar-refractivity contribution in [2.75, 3.05) is 13.1 Å². The minimum Gasteiger partial charge on any atom is -0.481 e. The topological polar surface area (TPSA) is 67.0 Å². The Morgan fingerprint density at radius 1 is 1.27 bits per heavy atom. The van der Waals surface area contributed by atoms with Crippen LogP contribution in [0.15, 0.2) is 41.0 Å². The van der Waals surface area contributed by atoms with E-state index in [4.69, 9.17) is 5.11 Å². The molecule has 0 spiro atoms. The van der Waals surface area contributed by atoms with Crippen LogP contribution in [0.2, 0.25) is 0 Å². The van der Waals surface area contributed by atoms with Crippen LogP contribution in [0.25, 0.3) is 5.32 Å². The van der Waals surface area contributed by atoms with E-state index in [0.29, 0.717) is 11.9 Å². The number of likely N-dealkylation sites (tertiary alicyclic amines) is 1. The second-order valence-corrected chi connectivity index (χ2v) is 6.98. The monoisotopic (exact) mass is 352 g/mol. The van der Waals surface area contributed by atoms with Gasteiger partial charge in [-0.3, -0.25) is 9.69 Å². The Morgan fingerprint density at radius 3 is 2.77 bits per heavy atom. The molecule has 1 saturated carbocycles. The summed E-state index contributed by atoms with van der Waals surface area (Å²) in [7, 11) is 0. The molecule has 1 atom stereocenters. The standard InChI is InChI=1S/C20H20FN3O2/c21-16-4-1-13(2-5-16)3-6-19-22-11-15-12-24(8-7-18(15)23-19)17-9-14(10-17)20(25)26/h1-2,4-5,11,14,17-18H,7-10,12H2,(H2,22,23,25,26)/p-1. The Bertz CT molecular complexity index is 829. The van der Waals surface area contributed by atoms with Gasteiger partial charge in [-0.2, -0.15) is 0 Å². The molecule has 134 valence electrons. The van der Waals surface area contributed by atoms with Crippen LogP contribution < -0.4 is 0 Å². The second-order valence-electron chi connectivity index (χ2n) is 6.98. The molecule has 0 amide bonds. The number of carboxylic acid groups (broad SMARTS) is 1. The highest BCUT2D eigenvalue weighted by Crippen LogP contribution is 2.36. The first-order chi connectivity index (χ1) is 12.6. The van der Waals surface area contributed by atoms with Crippen molar-refractivity contribution in [3.63, 3.8) is 0 Å². The van der Waals surface area contributed by atoms with E-state index in [1.165, 1.54) is 17.7 Å². The summed E-state index contributed by atoms with van der Waals surface area (Å²) in [6, 6.07) is 6.50. The van der Waals surface area contributed by atoms with Crippen LogP contribution in [0.5, 0.6) is 0 Å². The SMILES string of the molecule is O=C(O)C1CC(N2CCC3[N-]C(C#Cc4ccc(F)cc4)=NC=C3C2)C1. The quantitative estimate of drug-likeness (QED) is 0.833. The van der Waals surface area contributed by atoms with Gasteiger partial charge in [0, 0.05) is 18.2 Å². The molecule has 3 aliphatic rings. The van der Waals surface area contributed by atoms with Gasteiger partial charge in [0.25, 0.3) is 0 Å². The van der Waals surface area contributed by atoms with Crippen molar-refractivity contribution in [1.29, 1.82) is 0 Å². The van der Waals surface area contributed by atoms with Crippen LogP contribution >= 0.6 is 0 Å². The number of carbonyl (C=O) groups is 1. The molecule has 0 aromatic heterocycles. The van der Waals surface area contributed by atoms with Crippen molar-refractivity contribution in [1.82, 2.24) is 4.90 Å². The second kappa shape index (κ2) is 6.93. The fourth-order valence-electron chi connectivity index (χ4n) is 3.62. The van der Waals surface area contributed by atoms with E-state index in [1.807, 2.05) is 6.20 Å². The van der Waals surface area contributed by atoms with Gasteiger partial charge in [0.15, 0.2) is 0 Å². The van der Waals surface area contributed by atoms with Crippen LogP contribution in [0.4, 0.5) is 4.39 Å². The summed E-state index contributed by atoms with van der Waals surface area (Å²) >= 11 is 0. The number of carboxylic acids is 1. The van der Waals surface area contributed by atoms with Gasteiger partial charge >= 0.3 is 5.97 Å². The number of benzene rings is 1. The molecule has 4 rings (SSSR count). The van der Waals surface area contributed by atoms with Crippen LogP contribution in [0.1, 0.15) is 24.8 Å². The van der Waals surface area contributed by atoms with Gasteiger partial charge in [0.2, 0.25) is 0 Å². The number of hydrogen-bond acceptors (Lipinski definition) is 3. The number of aliphatic imine (C=N–C) groups is 1. The van der Waals surface area contributed by atoms with Gasteiger partial charge in [0.05, 0.1) is 5.92 Å². The maximum Gasteiger partial charge on any atom is 0.306 e. The summed E-state index contributed by atoms with van der Waals surface area (Å²) in [4.78, 5) is 17.7. The maximum absolute atomic E-state index is 12.9. The van der Waals surface area contributed by atoms with Crippen molar-refractivity contribution >= 4 is 11.8 Å². The molecule has 1 N–H and O–H groups in total. The van der Waals surface area contributed by atoms with E-state index < -0.39 is 5.97 Å². The third-order valence-corrected chi connectivity index (χ3v) is 5.28. The zero-order chi connectivity index (χ0) is 18.1. The first kappa shape index (κ1) is 16.8. The number of aliphatic carboxylic acids is 1. The lowest BCUT2D eigenvalue weighted by molar-refractivity contribution is -0.147. The fraction of sp³-hybridized carbons (Fsp3) is 0.400. The Balaban J connectivity index is 1.39. The predicted octanol–water partition coefficient (Wildman–Crippen LogP) is 2.78. The molecule has 0 bridgehead atoms. The van der Waals surface area contributed by atoms with Crippen molar-refractivity contribution in [2.24, 2.45) is 10.9 Å². The van der Waals surface area contributed by atoms with Crippen molar-refractivity contribution in [3.05, 3.63) is 52.7 Å². The number of amidine groups is 1. The molecule has 1 aromatic carbocycles. The van der Waals surface area contributed by atoms with E-state index in [9.17, 15) is 9.18 Å². The lowest BCUT2D eigenvalue weighted by Gasteiger charge is -2.47. The first-order valence-corrected chi connectivity index (χ1v) is 8.80. The first-order valence-electron chi connectivity index (χ1n) is 8.80. The highest BCUT2D eigenvalue weighted by molar-refractivity contribution is 6.10. The summed E-state index contributed by atoms with van der Waals surface area (Å²) in [5.74, 6) is 5.27. The summed E-state index contributed by atoms with van der Waals surface area (Å²) in [5, 5.41) is 13.6. The van der Waals surface area contributed by atoms with E-state index in [-0.39, 0.29) is 17.8 Å². The zero-order valence-corrected chi connectivity index (χ0v) is 14.2. The smallest absolute Gasteiger partial charge is 0.306 e. The van der Waals surface area contributed by atoms with Gasteiger partial charge in [-0.15, -0.1) is 0 Å². The molecular formula is C20H19FN3O2-. The van der Waals surface area contributed by atoms with E-state index in [2.05, 4.69) is 27.0 Å². The molecule has 26 heavy (non-hydrogen) atoms. The molecule has 0 radical (unpaired) electrons. The summed E-state index contributed by atoms with van der Waals surface area (Å²) < 4.78 is 12.9. The molecule has 1 aromatic rings. The Morgan fingerprint density at radius 2 is 2.04 bits per heavy atom. The number of hydrogen-bond donors (Lipinski definition) is 1. The molecule has 2 heterocycles. The zero-order valence-electron chi connectivity index (χ0n) is 14.2. The van der Waals surface area contributed by atoms with Gasteiger partial charge in [0.1, 0.15) is 5.82 Å². The van der Waals surface area contributed by atoms with Crippen LogP contribution in [-0.4, -0.2) is 47.0 Å². The lowest BCUT2D eigenvalue weighted by atomic mass is 9.78. The molecule has 5 nitrogen and oxygen atoms in total. The number of halogens is 1. The number of nitrogens with zero attached hydrogens (tertiary/aromatic N) is 3.